The van der Waals surface area contributed by atoms with Gasteiger partial charge in [0.1, 0.15) is 6.04 Å². The van der Waals surface area contributed by atoms with Gasteiger partial charge in [0.15, 0.2) is 5.13 Å². The maximum Gasteiger partial charge on any atom is 0.326 e. The van der Waals surface area contributed by atoms with Gasteiger partial charge < -0.3 is 10.4 Å². The molecule has 1 atom stereocenters. The maximum absolute atomic E-state index is 12.4. The zero-order valence-electron chi connectivity index (χ0n) is 13.0. The third-order valence-corrected chi connectivity index (χ3v) is 4.26. The number of nitrogens with zero attached hydrogens (tertiary/aromatic N) is 2. The fourth-order valence-electron chi connectivity index (χ4n) is 2.35. The van der Waals surface area contributed by atoms with Gasteiger partial charge in [-0.15, -0.1) is 11.3 Å². The number of nitrogens with one attached hydrogen (secondary N) is 1. The van der Waals surface area contributed by atoms with Crippen LogP contribution in [0.25, 0.3) is 5.13 Å². The van der Waals surface area contributed by atoms with E-state index in [0.29, 0.717) is 5.56 Å². The molecule has 0 fully saturated rings. The Kier molecular flexibility index (Phi) is 4.65. The highest BCUT2D eigenvalue weighted by atomic mass is 32.1. The van der Waals surface area contributed by atoms with Crippen molar-refractivity contribution in [3.8, 4) is 5.13 Å². The van der Waals surface area contributed by atoms with Gasteiger partial charge in [0.25, 0.3) is 5.91 Å². The Morgan fingerprint density at radius 2 is 2.05 bits per heavy atom. The van der Waals surface area contributed by atoms with Crippen molar-refractivity contribution in [1.82, 2.24) is 14.9 Å². The molecule has 0 saturated heterocycles. The number of hydrogen-bond donors (Lipinski definition) is 2. The van der Waals surface area contributed by atoms with E-state index in [4.69, 9.17) is 0 Å². The molecule has 2 aromatic heterocycles. The molecule has 0 aliphatic carbocycles. The topological polar surface area (TPSA) is 84.2 Å². The van der Waals surface area contributed by atoms with E-state index < -0.39 is 12.0 Å². The van der Waals surface area contributed by atoms with Crippen LogP contribution in [0.1, 0.15) is 35.6 Å². The third kappa shape index (κ3) is 3.04. The van der Waals surface area contributed by atoms with Crippen LogP contribution >= 0.6 is 11.3 Å². The maximum atomic E-state index is 12.4. The van der Waals surface area contributed by atoms with Gasteiger partial charge in [0, 0.05) is 23.0 Å². The second-order valence-corrected chi connectivity index (χ2v) is 6.34. The van der Waals surface area contributed by atoms with Gasteiger partial charge in [-0.25, -0.2) is 9.78 Å². The predicted octanol–water partition coefficient (Wildman–Crippen LogP) is 2.39. The lowest BCUT2D eigenvalue weighted by Crippen LogP contribution is -2.44. The number of amides is 1. The molecule has 118 valence electrons. The molecule has 0 spiro atoms. The molecule has 0 unspecified atom stereocenters. The zero-order chi connectivity index (χ0) is 16.4. The second-order valence-electron chi connectivity index (χ2n) is 5.47. The molecule has 7 heteroatoms. The van der Waals surface area contributed by atoms with Gasteiger partial charge in [-0.05, 0) is 25.8 Å². The number of carboxylic acids is 1. The van der Waals surface area contributed by atoms with Crippen LogP contribution in [0.3, 0.4) is 0 Å². The van der Waals surface area contributed by atoms with Gasteiger partial charge in [-0.2, -0.15) is 0 Å². The molecule has 0 aromatic carbocycles. The quantitative estimate of drug-likeness (QED) is 0.885. The van der Waals surface area contributed by atoms with Crippen molar-refractivity contribution in [2.45, 2.75) is 33.7 Å². The molecule has 2 rings (SSSR count). The van der Waals surface area contributed by atoms with Crippen LogP contribution in [-0.4, -0.2) is 32.6 Å². The van der Waals surface area contributed by atoms with Crippen LogP contribution in [0.2, 0.25) is 0 Å². The van der Waals surface area contributed by atoms with Crippen LogP contribution < -0.4 is 5.32 Å². The lowest BCUT2D eigenvalue weighted by atomic mass is 10.0. The Balaban J connectivity index is 2.32. The molecule has 2 heterocycles. The summed E-state index contributed by atoms with van der Waals surface area (Å²) in [4.78, 5) is 27.9. The molecular weight excluding hydrogens is 302 g/mol. The Hall–Kier alpha value is -2.15. The summed E-state index contributed by atoms with van der Waals surface area (Å²) in [6.07, 6.45) is 1.71. The van der Waals surface area contributed by atoms with Crippen molar-refractivity contribution in [3.63, 3.8) is 0 Å². The van der Waals surface area contributed by atoms with Crippen molar-refractivity contribution in [2.75, 3.05) is 0 Å². The Labute approximate surface area is 132 Å². The average Bonchev–Trinajstić information content (AvgIpc) is 3.03. The fraction of sp³-hybridized carbons (Fsp3) is 0.400. The van der Waals surface area contributed by atoms with Gasteiger partial charge in [-0.1, -0.05) is 13.8 Å². The van der Waals surface area contributed by atoms with Crippen molar-refractivity contribution in [3.05, 3.63) is 34.6 Å². The summed E-state index contributed by atoms with van der Waals surface area (Å²) in [5, 5.41) is 14.4. The van der Waals surface area contributed by atoms with E-state index in [-0.39, 0.29) is 11.8 Å². The van der Waals surface area contributed by atoms with E-state index in [1.54, 1.807) is 26.1 Å². The van der Waals surface area contributed by atoms with E-state index in [9.17, 15) is 14.7 Å². The molecule has 0 saturated carbocycles. The molecule has 22 heavy (non-hydrogen) atoms. The number of aliphatic carboxylic acids is 1. The van der Waals surface area contributed by atoms with Gasteiger partial charge in [0.05, 0.1) is 5.56 Å². The lowest BCUT2D eigenvalue weighted by Gasteiger charge is -2.17. The number of aromatic nitrogens is 2. The fourth-order valence-corrected chi connectivity index (χ4v) is 3.10. The van der Waals surface area contributed by atoms with Crippen LogP contribution in [-0.2, 0) is 4.79 Å². The lowest BCUT2D eigenvalue weighted by molar-refractivity contribution is -0.140. The number of carboxylic acid groups (broad SMARTS) is 1. The second kappa shape index (κ2) is 6.31. The molecular formula is C15H19N3O3S. The average molecular weight is 321 g/mol. The van der Waals surface area contributed by atoms with Crippen molar-refractivity contribution < 1.29 is 14.7 Å². The Bertz CT molecular complexity index is 689. The van der Waals surface area contributed by atoms with Gasteiger partial charge in [0.2, 0.25) is 0 Å². The molecule has 6 nitrogen and oxygen atoms in total. The molecule has 0 aliphatic rings. The summed E-state index contributed by atoms with van der Waals surface area (Å²) in [6.45, 7) is 7.24. The smallest absolute Gasteiger partial charge is 0.326 e. The van der Waals surface area contributed by atoms with E-state index >= 15 is 0 Å². The normalized spacial score (nSPS) is 12.4. The van der Waals surface area contributed by atoms with E-state index in [0.717, 1.165) is 16.5 Å². The van der Waals surface area contributed by atoms with Crippen LogP contribution in [0.5, 0.6) is 0 Å². The summed E-state index contributed by atoms with van der Waals surface area (Å²) in [6, 6.07) is 0.848. The van der Waals surface area contributed by atoms with Crippen LogP contribution in [0.4, 0.5) is 0 Å². The number of hydrogen-bond acceptors (Lipinski definition) is 4. The SMILES string of the molecule is Cc1cc(C(=O)N[C@@H](C(=O)O)C(C)C)c(C)n1-c1nccs1. The molecule has 2 aromatic rings. The standard InChI is InChI=1S/C15H19N3O3S/c1-8(2)12(14(20)21)17-13(19)11-7-9(3)18(10(11)4)15-16-5-6-22-15/h5-8,12H,1-4H3,(H,17,19)(H,20,21)/t12-/m1/s1. The first-order valence-electron chi connectivity index (χ1n) is 6.95. The first-order chi connectivity index (χ1) is 10.3. The van der Waals surface area contributed by atoms with E-state index in [1.165, 1.54) is 11.3 Å². The summed E-state index contributed by atoms with van der Waals surface area (Å²) in [5.74, 6) is -1.60. The molecule has 2 N–H and O–H groups in total. The van der Waals surface area contributed by atoms with Gasteiger partial charge in [-0.3, -0.25) is 9.36 Å². The zero-order valence-corrected chi connectivity index (χ0v) is 13.8. The minimum absolute atomic E-state index is 0.191. The van der Waals surface area contributed by atoms with Crippen molar-refractivity contribution >= 4 is 23.2 Å². The Morgan fingerprint density at radius 1 is 1.36 bits per heavy atom. The van der Waals surface area contributed by atoms with Crippen molar-refractivity contribution in [1.29, 1.82) is 0 Å². The van der Waals surface area contributed by atoms with Crippen LogP contribution in [0, 0.1) is 19.8 Å². The number of carbonyl (C=O) groups is 2. The van der Waals surface area contributed by atoms with E-state index in [2.05, 4.69) is 10.3 Å². The van der Waals surface area contributed by atoms with E-state index in [1.807, 2.05) is 23.8 Å². The first-order valence-corrected chi connectivity index (χ1v) is 7.83. The number of carbonyl (C=O) groups excluding carboxylic acids is 1. The molecule has 0 aliphatic heterocycles. The summed E-state index contributed by atoms with van der Waals surface area (Å²) in [5.41, 5.74) is 2.10. The molecule has 0 bridgehead atoms. The molecule has 1 amide bonds. The largest absolute Gasteiger partial charge is 0.480 e. The monoisotopic (exact) mass is 321 g/mol. The molecule has 0 radical (unpaired) electrons. The number of aryl methyl sites for hydroxylation is 1. The summed E-state index contributed by atoms with van der Waals surface area (Å²) in [7, 11) is 0. The first kappa shape index (κ1) is 16.2. The highest BCUT2D eigenvalue weighted by Gasteiger charge is 2.26. The Morgan fingerprint density at radius 3 is 2.55 bits per heavy atom. The predicted molar refractivity (Wildman–Crippen MR) is 84.6 cm³/mol. The highest BCUT2D eigenvalue weighted by molar-refractivity contribution is 7.12. The third-order valence-electron chi connectivity index (χ3n) is 3.51. The van der Waals surface area contributed by atoms with Gasteiger partial charge >= 0.3 is 5.97 Å². The summed E-state index contributed by atoms with van der Waals surface area (Å²) >= 11 is 1.48. The number of thiazole rings is 1. The number of rotatable bonds is 5. The summed E-state index contributed by atoms with van der Waals surface area (Å²) < 4.78 is 1.89. The minimum atomic E-state index is -1.03. The minimum Gasteiger partial charge on any atom is -0.480 e. The highest BCUT2D eigenvalue weighted by Crippen LogP contribution is 2.22. The van der Waals surface area contributed by atoms with Crippen LogP contribution in [0.15, 0.2) is 17.6 Å². The van der Waals surface area contributed by atoms with Crippen molar-refractivity contribution in [2.24, 2.45) is 5.92 Å².